The molecule has 0 unspecified atom stereocenters. The predicted octanol–water partition coefficient (Wildman–Crippen LogP) is 6.89. The number of fused-ring (bicyclic) bond motifs is 1. The average Bonchev–Trinajstić information content (AvgIpc) is 3.63. The highest BCUT2D eigenvalue weighted by molar-refractivity contribution is 7.23. The Bertz CT molecular complexity index is 2120. The summed E-state index contributed by atoms with van der Waals surface area (Å²) in [6.07, 6.45) is 7.90. The van der Waals surface area contributed by atoms with Crippen LogP contribution in [0.2, 0.25) is 0 Å². The SMILES string of the molecule is C=CC(=O)NCc1ccc(-c2sc3c(-c4cnn(C)c4)cnc(N)c3c2-c2ccc(Oc3nccc(C)n3)c(F)c2F)c(C)c1. The van der Waals surface area contributed by atoms with E-state index in [1.807, 2.05) is 38.4 Å². The lowest BCUT2D eigenvalue weighted by Gasteiger charge is -2.13. The lowest BCUT2D eigenvalue weighted by molar-refractivity contribution is -0.116. The molecular weight excluding hydrogens is 596 g/mol. The highest BCUT2D eigenvalue weighted by atomic mass is 32.1. The van der Waals surface area contributed by atoms with Crippen molar-refractivity contribution in [3.63, 3.8) is 0 Å². The van der Waals surface area contributed by atoms with E-state index in [4.69, 9.17) is 10.5 Å². The van der Waals surface area contributed by atoms with Crippen LogP contribution in [0.3, 0.4) is 0 Å². The summed E-state index contributed by atoms with van der Waals surface area (Å²) in [6, 6.07) is 10.1. The molecule has 0 spiro atoms. The number of nitrogens with one attached hydrogen (secondary N) is 1. The number of halogens is 2. The number of amides is 1. The van der Waals surface area contributed by atoms with Crippen LogP contribution < -0.4 is 15.8 Å². The topological polar surface area (TPSA) is 121 Å². The maximum Gasteiger partial charge on any atom is 0.322 e. The van der Waals surface area contributed by atoms with Gasteiger partial charge in [0.05, 0.1) is 6.20 Å². The first-order valence-electron chi connectivity index (χ1n) is 13.8. The van der Waals surface area contributed by atoms with E-state index >= 15 is 8.78 Å². The van der Waals surface area contributed by atoms with E-state index in [1.165, 1.54) is 35.7 Å². The highest BCUT2D eigenvalue weighted by Crippen LogP contribution is 2.51. The van der Waals surface area contributed by atoms with Crippen molar-refractivity contribution >= 4 is 33.1 Å². The number of anilines is 1. The molecule has 0 bridgehead atoms. The molecule has 0 saturated heterocycles. The molecule has 4 heterocycles. The number of thiophene rings is 1. The third-order valence-corrected chi connectivity index (χ3v) is 8.49. The standard InChI is InChI=1S/C33H27F2N7O2S/c1-5-25(43)38-13-19-6-7-21(17(2)12-19)30-26(27-31(45-30)23(15-39-32(27)36)20-14-40-42(4)16-20)22-8-9-24(29(35)28(22)34)44-33-37-11-10-18(3)41-33/h5-12,14-16H,1,13H2,2-4H3,(H2,36,39)(H,38,43). The molecule has 0 atom stereocenters. The van der Waals surface area contributed by atoms with Crippen LogP contribution in [-0.4, -0.2) is 30.6 Å². The number of aryl methyl sites for hydroxylation is 3. The number of nitrogens with zero attached hydrogens (tertiary/aromatic N) is 5. The molecule has 226 valence electrons. The first-order chi connectivity index (χ1) is 21.6. The number of rotatable bonds is 8. The first kappa shape index (κ1) is 29.6. The fraction of sp³-hybridized carbons (Fsp3) is 0.121. The van der Waals surface area contributed by atoms with Gasteiger partial charge in [0.25, 0.3) is 0 Å². The molecule has 0 saturated carbocycles. The zero-order valence-corrected chi connectivity index (χ0v) is 25.4. The van der Waals surface area contributed by atoms with E-state index in [9.17, 15) is 4.79 Å². The Hall–Kier alpha value is -5.49. The van der Waals surface area contributed by atoms with Crippen LogP contribution in [0, 0.1) is 25.5 Å². The van der Waals surface area contributed by atoms with Gasteiger partial charge in [0.2, 0.25) is 11.7 Å². The molecule has 12 heteroatoms. The van der Waals surface area contributed by atoms with E-state index in [0.29, 0.717) is 28.1 Å². The predicted molar refractivity (Wildman–Crippen MR) is 171 cm³/mol. The molecule has 0 aliphatic rings. The minimum absolute atomic E-state index is 0.00943. The summed E-state index contributed by atoms with van der Waals surface area (Å²) >= 11 is 1.40. The maximum atomic E-state index is 16.1. The summed E-state index contributed by atoms with van der Waals surface area (Å²) in [4.78, 5) is 24.9. The van der Waals surface area contributed by atoms with Crippen molar-refractivity contribution in [3.8, 4) is 44.5 Å². The van der Waals surface area contributed by atoms with Crippen molar-refractivity contribution in [1.29, 1.82) is 0 Å². The van der Waals surface area contributed by atoms with Crippen LogP contribution in [0.1, 0.15) is 16.8 Å². The third-order valence-electron chi connectivity index (χ3n) is 7.24. The number of hydrogen-bond acceptors (Lipinski definition) is 8. The quantitative estimate of drug-likeness (QED) is 0.177. The minimum Gasteiger partial charge on any atom is -0.421 e. The Morgan fingerprint density at radius 2 is 1.89 bits per heavy atom. The lowest BCUT2D eigenvalue weighted by atomic mass is 9.94. The molecular formula is C33H27F2N7O2S. The van der Waals surface area contributed by atoms with Crippen molar-refractivity contribution in [2.45, 2.75) is 20.4 Å². The Labute approximate surface area is 261 Å². The molecule has 4 aromatic heterocycles. The molecule has 0 fully saturated rings. The largest absolute Gasteiger partial charge is 0.421 e. The Morgan fingerprint density at radius 3 is 2.60 bits per heavy atom. The van der Waals surface area contributed by atoms with Crippen LogP contribution in [0.5, 0.6) is 11.8 Å². The Balaban J connectivity index is 1.55. The van der Waals surface area contributed by atoms with Crippen molar-refractivity contribution in [3.05, 3.63) is 102 Å². The van der Waals surface area contributed by atoms with Gasteiger partial charge in [-0.05, 0) is 54.8 Å². The molecule has 9 nitrogen and oxygen atoms in total. The Kier molecular flexibility index (Phi) is 7.81. The molecule has 2 aromatic carbocycles. The van der Waals surface area contributed by atoms with Gasteiger partial charge in [-0.2, -0.15) is 9.49 Å². The van der Waals surface area contributed by atoms with E-state index in [0.717, 1.165) is 32.5 Å². The Morgan fingerprint density at radius 1 is 1.09 bits per heavy atom. The number of nitrogen functional groups attached to an aromatic ring is 1. The van der Waals surface area contributed by atoms with Crippen molar-refractivity contribution in [2.24, 2.45) is 7.05 Å². The highest BCUT2D eigenvalue weighted by Gasteiger charge is 2.27. The van der Waals surface area contributed by atoms with Crippen LogP contribution in [0.25, 0.3) is 42.8 Å². The number of aromatic nitrogens is 5. The molecule has 0 aliphatic carbocycles. The monoisotopic (exact) mass is 623 g/mol. The van der Waals surface area contributed by atoms with E-state index in [2.05, 4.69) is 31.9 Å². The smallest absolute Gasteiger partial charge is 0.322 e. The number of carbonyl (C=O) groups excluding carboxylic acids is 1. The van der Waals surface area contributed by atoms with Gasteiger partial charge in [-0.15, -0.1) is 11.3 Å². The molecule has 3 N–H and O–H groups in total. The average molecular weight is 624 g/mol. The van der Waals surface area contributed by atoms with E-state index < -0.39 is 11.6 Å². The van der Waals surface area contributed by atoms with Gasteiger partial charge < -0.3 is 15.8 Å². The van der Waals surface area contributed by atoms with Gasteiger partial charge in [0, 0.05) is 75.1 Å². The summed E-state index contributed by atoms with van der Waals surface area (Å²) in [7, 11) is 1.81. The minimum atomic E-state index is -1.19. The number of benzene rings is 2. The van der Waals surface area contributed by atoms with Gasteiger partial charge in [0.15, 0.2) is 11.6 Å². The fourth-order valence-electron chi connectivity index (χ4n) is 5.06. The van der Waals surface area contributed by atoms with E-state index in [1.54, 1.807) is 30.1 Å². The summed E-state index contributed by atoms with van der Waals surface area (Å²) in [6.45, 7) is 7.44. The number of carbonyl (C=O) groups is 1. The van der Waals surface area contributed by atoms with Crippen LogP contribution >= 0.6 is 11.3 Å². The van der Waals surface area contributed by atoms with Crippen LogP contribution in [0.15, 0.2) is 73.8 Å². The van der Waals surface area contributed by atoms with Gasteiger partial charge in [-0.3, -0.25) is 9.48 Å². The first-order valence-corrected chi connectivity index (χ1v) is 14.6. The number of nitrogens with two attached hydrogens (primary N) is 1. The second-order valence-corrected chi connectivity index (χ2v) is 11.4. The van der Waals surface area contributed by atoms with Gasteiger partial charge in [-0.25, -0.2) is 19.3 Å². The second kappa shape index (κ2) is 11.9. The molecule has 6 aromatic rings. The normalized spacial score (nSPS) is 11.1. The zero-order valence-electron chi connectivity index (χ0n) is 24.6. The lowest BCUT2D eigenvalue weighted by Crippen LogP contribution is -2.19. The molecule has 45 heavy (non-hydrogen) atoms. The number of pyridine rings is 1. The van der Waals surface area contributed by atoms with Gasteiger partial charge >= 0.3 is 6.01 Å². The third kappa shape index (κ3) is 5.63. The number of hydrogen-bond donors (Lipinski definition) is 2. The van der Waals surface area contributed by atoms with Crippen LogP contribution in [0.4, 0.5) is 14.6 Å². The summed E-state index contributed by atoms with van der Waals surface area (Å²) in [5, 5.41) is 7.56. The fourth-order valence-corrected chi connectivity index (χ4v) is 6.51. The van der Waals surface area contributed by atoms with E-state index in [-0.39, 0.29) is 29.0 Å². The second-order valence-electron chi connectivity index (χ2n) is 10.4. The molecule has 0 radical (unpaired) electrons. The summed E-state index contributed by atoms with van der Waals surface area (Å²) in [5.74, 6) is -2.78. The van der Waals surface area contributed by atoms with Crippen LogP contribution in [-0.2, 0) is 18.4 Å². The van der Waals surface area contributed by atoms with Crippen molar-refractivity contribution in [2.75, 3.05) is 5.73 Å². The zero-order chi connectivity index (χ0) is 31.8. The molecule has 6 rings (SSSR count). The molecule has 0 aliphatic heterocycles. The van der Waals surface area contributed by atoms with Crippen molar-refractivity contribution in [1.82, 2.24) is 30.0 Å². The number of ether oxygens (including phenoxy) is 1. The van der Waals surface area contributed by atoms with Gasteiger partial charge in [-0.1, -0.05) is 24.8 Å². The summed E-state index contributed by atoms with van der Waals surface area (Å²) in [5.41, 5.74) is 11.6. The maximum absolute atomic E-state index is 16.1. The molecule has 1 amide bonds. The summed E-state index contributed by atoms with van der Waals surface area (Å²) < 4.78 is 39.8. The van der Waals surface area contributed by atoms with Gasteiger partial charge in [0.1, 0.15) is 5.82 Å². The van der Waals surface area contributed by atoms with Crippen molar-refractivity contribution < 1.29 is 18.3 Å².